The predicted octanol–water partition coefficient (Wildman–Crippen LogP) is 3.62. The van der Waals surface area contributed by atoms with Gasteiger partial charge in [0.1, 0.15) is 5.82 Å². The van der Waals surface area contributed by atoms with Gasteiger partial charge in [-0.15, -0.1) is 22.9 Å². The zero-order chi connectivity index (χ0) is 16.1. The third-order valence-electron chi connectivity index (χ3n) is 3.92. The molecule has 1 N–H and O–H groups in total. The average Bonchev–Trinajstić information content (AvgIpc) is 3.05. The monoisotopic (exact) mass is 350 g/mol. The summed E-state index contributed by atoms with van der Waals surface area (Å²) >= 11 is 7.25. The standard InChI is InChI=1S/C16H19ClN4OS/c17-7-6-15(22)21-9-3-4-12(10-21)13-11-23-16(19-13)20-14-5-1-2-8-18-14/h1-2,5,8,11-12H,3-4,6-7,9-10H2,(H,18,19,20). The summed E-state index contributed by atoms with van der Waals surface area (Å²) in [6, 6.07) is 5.73. The summed E-state index contributed by atoms with van der Waals surface area (Å²) in [6.45, 7) is 1.57. The minimum atomic E-state index is 0.145. The van der Waals surface area contributed by atoms with E-state index in [0.29, 0.717) is 18.2 Å². The van der Waals surface area contributed by atoms with Gasteiger partial charge in [-0.1, -0.05) is 6.07 Å². The van der Waals surface area contributed by atoms with Crippen LogP contribution in [0.25, 0.3) is 0 Å². The lowest BCUT2D eigenvalue weighted by Gasteiger charge is -2.32. The van der Waals surface area contributed by atoms with E-state index in [4.69, 9.17) is 11.6 Å². The predicted molar refractivity (Wildman–Crippen MR) is 93.5 cm³/mol. The first-order valence-corrected chi connectivity index (χ1v) is 9.15. The van der Waals surface area contributed by atoms with Gasteiger partial charge in [0.25, 0.3) is 0 Å². The zero-order valence-electron chi connectivity index (χ0n) is 12.7. The minimum Gasteiger partial charge on any atom is -0.342 e. The van der Waals surface area contributed by atoms with Gasteiger partial charge < -0.3 is 10.2 Å². The van der Waals surface area contributed by atoms with Gasteiger partial charge in [-0.3, -0.25) is 4.79 Å². The minimum absolute atomic E-state index is 0.145. The molecule has 5 nitrogen and oxygen atoms in total. The van der Waals surface area contributed by atoms with Crippen LogP contribution in [0.3, 0.4) is 0 Å². The van der Waals surface area contributed by atoms with E-state index >= 15 is 0 Å². The molecule has 0 saturated carbocycles. The number of aromatic nitrogens is 2. The summed E-state index contributed by atoms with van der Waals surface area (Å²) in [6.07, 6.45) is 4.24. The fraction of sp³-hybridized carbons (Fsp3) is 0.438. The van der Waals surface area contributed by atoms with Crippen molar-refractivity contribution in [2.75, 3.05) is 24.3 Å². The molecule has 3 rings (SSSR count). The fourth-order valence-electron chi connectivity index (χ4n) is 2.76. The molecule has 0 spiro atoms. The van der Waals surface area contributed by atoms with Crippen molar-refractivity contribution in [3.8, 4) is 0 Å². The molecule has 1 fully saturated rings. The second kappa shape index (κ2) is 7.75. The fourth-order valence-corrected chi connectivity index (χ4v) is 3.72. The molecule has 122 valence electrons. The van der Waals surface area contributed by atoms with Gasteiger partial charge in [0, 0.05) is 42.9 Å². The van der Waals surface area contributed by atoms with E-state index < -0.39 is 0 Å². The topological polar surface area (TPSA) is 58.1 Å². The molecule has 1 unspecified atom stereocenters. The Morgan fingerprint density at radius 3 is 3.17 bits per heavy atom. The van der Waals surface area contributed by atoms with Gasteiger partial charge in [-0.05, 0) is 25.0 Å². The molecule has 0 bridgehead atoms. The number of thiazole rings is 1. The first-order valence-electron chi connectivity index (χ1n) is 7.73. The van der Waals surface area contributed by atoms with Crippen LogP contribution in [0.5, 0.6) is 0 Å². The van der Waals surface area contributed by atoms with Crippen molar-refractivity contribution in [3.05, 3.63) is 35.5 Å². The Morgan fingerprint density at radius 2 is 2.39 bits per heavy atom. The number of nitrogens with one attached hydrogen (secondary N) is 1. The summed E-state index contributed by atoms with van der Waals surface area (Å²) in [5.41, 5.74) is 1.05. The van der Waals surface area contributed by atoms with Crippen LogP contribution in [-0.4, -0.2) is 39.7 Å². The van der Waals surface area contributed by atoms with Gasteiger partial charge in [0.05, 0.1) is 5.69 Å². The Morgan fingerprint density at radius 1 is 1.48 bits per heavy atom. The van der Waals surface area contributed by atoms with Crippen LogP contribution < -0.4 is 5.32 Å². The number of carbonyl (C=O) groups is 1. The average molecular weight is 351 g/mol. The zero-order valence-corrected chi connectivity index (χ0v) is 14.3. The van der Waals surface area contributed by atoms with Crippen LogP contribution in [0.2, 0.25) is 0 Å². The van der Waals surface area contributed by atoms with Crippen molar-refractivity contribution >= 4 is 39.8 Å². The third kappa shape index (κ3) is 4.20. The molecule has 1 saturated heterocycles. The van der Waals surface area contributed by atoms with E-state index in [-0.39, 0.29) is 5.91 Å². The number of amides is 1. The molecule has 2 aromatic rings. The van der Waals surface area contributed by atoms with Crippen LogP contribution in [0, 0.1) is 0 Å². The highest BCUT2D eigenvalue weighted by Gasteiger charge is 2.26. The molecule has 2 aromatic heterocycles. The molecule has 1 atom stereocenters. The lowest BCUT2D eigenvalue weighted by atomic mass is 9.95. The summed E-state index contributed by atoms with van der Waals surface area (Å²) in [5.74, 6) is 1.62. The molecule has 0 radical (unpaired) electrons. The van der Waals surface area contributed by atoms with E-state index in [1.165, 1.54) is 0 Å². The molecule has 1 aliphatic heterocycles. The number of likely N-dealkylation sites (tertiary alicyclic amines) is 1. The van der Waals surface area contributed by atoms with E-state index in [0.717, 1.165) is 42.6 Å². The van der Waals surface area contributed by atoms with Gasteiger partial charge in [-0.2, -0.15) is 0 Å². The Hall–Kier alpha value is -1.66. The van der Waals surface area contributed by atoms with Crippen molar-refractivity contribution in [1.82, 2.24) is 14.9 Å². The maximum Gasteiger partial charge on any atom is 0.223 e. The normalized spacial score (nSPS) is 18.0. The van der Waals surface area contributed by atoms with E-state index in [1.54, 1.807) is 17.5 Å². The number of pyridine rings is 1. The van der Waals surface area contributed by atoms with Gasteiger partial charge in [0.15, 0.2) is 5.13 Å². The molecule has 0 aromatic carbocycles. The second-order valence-corrected chi connectivity index (χ2v) is 6.77. The number of rotatable bonds is 5. The summed E-state index contributed by atoms with van der Waals surface area (Å²) in [5, 5.41) is 6.13. The number of hydrogen-bond donors (Lipinski definition) is 1. The van der Waals surface area contributed by atoms with Crippen molar-refractivity contribution in [2.45, 2.75) is 25.2 Å². The van der Waals surface area contributed by atoms with E-state index in [9.17, 15) is 4.79 Å². The quantitative estimate of drug-likeness (QED) is 0.837. The van der Waals surface area contributed by atoms with Gasteiger partial charge in [-0.25, -0.2) is 9.97 Å². The number of piperidine rings is 1. The molecule has 1 aliphatic rings. The van der Waals surface area contributed by atoms with Crippen LogP contribution in [-0.2, 0) is 4.79 Å². The van der Waals surface area contributed by atoms with Gasteiger partial charge in [0.2, 0.25) is 5.91 Å². The number of carbonyl (C=O) groups excluding carboxylic acids is 1. The number of hydrogen-bond acceptors (Lipinski definition) is 5. The maximum atomic E-state index is 12.0. The number of alkyl halides is 1. The Labute approximate surface area is 144 Å². The smallest absolute Gasteiger partial charge is 0.223 e. The number of halogens is 1. The molecule has 1 amide bonds. The van der Waals surface area contributed by atoms with E-state index in [2.05, 4.69) is 20.7 Å². The molecule has 23 heavy (non-hydrogen) atoms. The SMILES string of the molecule is O=C(CCCl)N1CCCC(c2csc(Nc3ccccn3)n2)C1. The molecule has 3 heterocycles. The largest absolute Gasteiger partial charge is 0.342 e. The maximum absolute atomic E-state index is 12.0. The Kier molecular flexibility index (Phi) is 5.46. The highest BCUT2D eigenvalue weighted by Crippen LogP contribution is 2.30. The first kappa shape index (κ1) is 16.2. The molecule has 7 heteroatoms. The van der Waals surface area contributed by atoms with Crippen LogP contribution in [0.4, 0.5) is 10.9 Å². The number of nitrogens with zero attached hydrogens (tertiary/aromatic N) is 3. The lowest BCUT2D eigenvalue weighted by molar-refractivity contribution is -0.131. The van der Waals surface area contributed by atoms with Crippen molar-refractivity contribution < 1.29 is 4.79 Å². The van der Waals surface area contributed by atoms with Crippen LogP contribution >= 0.6 is 22.9 Å². The Balaban J connectivity index is 1.64. The lowest BCUT2D eigenvalue weighted by Crippen LogP contribution is -2.39. The highest BCUT2D eigenvalue weighted by atomic mass is 35.5. The first-order chi connectivity index (χ1) is 11.3. The van der Waals surface area contributed by atoms with Crippen LogP contribution in [0.1, 0.15) is 30.9 Å². The second-order valence-electron chi connectivity index (χ2n) is 5.54. The highest BCUT2D eigenvalue weighted by molar-refractivity contribution is 7.13. The molecular weight excluding hydrogens is 332 g/mol. The summed E-state index contributed by atoms with van der Waals surface area (Å²) < 4.78 is 0. The van der Waals surface area contributed by atoms with Crippen molar-refractivity contribution in [2.24, 2.45) is 0 Å². The van der Waals surface area contributed by atoms with E-state index in [1.807, 2.05) is 23.1 Å². The number of anilines is 2. The van der Waals surface area contributed by atoms with Crippen LogP contribution in [0.15, 0.2) is 29.8 Å². The van der Waals surface area contributed by atoms with Gasteiger partial charge >= 0.3 is 0 Å². The Bertz CT molecular complexity index is 649. The summed E-state index contributed by atoms with van der Waals surface area (Å²) in [4.78, 5) is 22.9. The summed E-state index contributed by atoms with van der Waals surface area (Å²) in [7, 11) is 0. The molecular formula is C16H19ClN4OS. The third-order valence-corrected chi connectivity index (χ3v) is 4.89. The van der Waals surface area contributed by atoms with Crippen molar-refractivity contribution in [3.63, 3.8) is 0 Å². The van der Waals surface area contributed by atoms with Crippen molar-refractivity contribution in [1.29, 1.82) is 0 Å². The molecule has 0 aliphatic carbocycles.